The van der Waals surface area contributed by atoms with Gasteiger partial charge < -0.3 is 19.7 Å². The maximum Gasteiger partial charge on any atom is 0.255 e. The molecule has 2 heterocycles. The smallest absolute Gasteiger partial charge is 0.255 e. The van der Waals surface area contributed by atoms with Crippen LogP contribution in [0.25, 0.3) is 0 Å². The molecule has 0 bridgehead atoms. The Morgan fingerprint density at radius 2 is 1.92 bits per heavy atom. The number of piperidine rings is 1. The number of likely N-dealkylation sites (N-methyl/N-ethyl adjacent to an activating group) is 1. The van der Waals surface area contributed by atoms with Crippen LogP contribution in [0.1, 0.15) is 23.2 Å². The number of rotatable bonds is 4. The molecule has 2 aliphatic heterocycles. The van der Waals surface area contributed by atoms with Crippen LogP contribution in [0, 0.1) is 0 Å². The molecule has 2 amide bonds. The number of amides is 2. The van der Waals surface area contributed by atoms with Gasteiger partial charge in [0, 0.05) is 33.2 Å². The molecule has 7 heteroatoms. The van der Waals surface area contributed by atoms with Crippen LogP contribution < -0.4 is 14.8 Å². The molecule has 1 aromatic rings. The molecule has 0 aliphatic carbocycles. The first-order valence-corrected chi connectivity index (χ1v) is 8.66. The Morgan fingerprint density at radius 1 is 1.20 bits per heavy atom. The molecule has 1 N–H and O–H groups in total. The molecule has 1 fully saturated rings. The van der Waals surface area contributed by atoms with Crippen LogP contribution >= 0.6 is 0 Å². The summed E-state index contributed by atoms with van der Waals surface area (Å²) in [6.07, 6.45) is 1.66. The van der Waals surface area contributed by atoms with Crippen molar-refractivity contribution in [1.82, 2.24) is 15.1 Å². The standard InChI is InChI=1S/C18H25N3O4/c1-20(2)16(22)12-21-8-6-13(7-9-21)19-18(23)14-4-3-5-15-17(14)25-11-10-24-15/h3-5,13H,6-12H2,1-2H3,(H,19,23). The molecule has 2 aliphatic rings. The van der Waals surface area contributed by atoms with Crippen molar-refractivity contribution in [3.05, 3.63) is 23.8 Å². The summed E-state index contributed by atoms with van der Waals surface area (Å²) < 4.78 is 11.1. The van der Waals surface area contributed by atoms with E-state index in [2.05, 4.69) is 10.2 Å². The second-order valence-electron chi connectivity index (χ2n) is 6.64. The lowest BCUT2D eigenvalue weighted by Crippen LogP contribution is -2.47. The van der Waals surface area contributed by atoms with Crippen LogP contribution in [0.4, 0.5) is 0 Å². The number of likely N-dealkylation sites (tertiary alicyclic amines) is 1. The molecule has 0 aromatic heterocycles. The van der Waals surface area contributed by atoms with E-state index in [1.54, 1.807) is 31.1 Å². The van der Waals surface area contributed by atoms with Crippen LogP contribution in [0.5, 0.6) is 11.5 Å². The third-order valence-electron chi connectivity index (χ3n) is 4.59. The van der Waals surface area contributed by atoms with E-state index in [9.17, 15) is 9.59 Å². The molecule has 25 heavy (non-hydrogen) atoms. The largest absolute Gasteiger partial charge is 0.486 e. The molecular weight excluding hydrogens is 322 g/mol. The summed E-state index contributed by atoms with van der Waals surface area (Å²) in [6.45, 7) is 3.00. The molecule has 7 nitrogen and oxygen atoms in total. The highest BCUT2D eigenvalue weighted by atomic mass is 16.6. The van der Waals surface area contributed by atoms with Crippen molar-refractivity contribution >= 4 is 11.8 Å². The summed E-state index contributed by atoms with van der Waals surface area (Å²) >= 11 is 0. The van der Waals surface area contributed by atoms with Gasteiger partial charge in [0.1, 0.15) is 13.2 Å². The number of nitrogens with one attached hydrogen (secondary N) is 1. The first-order valence-electron chi connectivity index (χ1n) is 8.66. The Labute approximate surface area is 147 Å². The first-order chi connectivity index (χ1) is 12.0. The third kappa shape index (κ3) is 4.22. The topological polar surface area (TPSA) is 71.1 Å². The summed E-state index contributed by atoms with van der Waals surface area (Å²) in [7, 11) is 3.53. The zero-order valence-corrected chi connectivity index (χ0v) is 14.8. The van der Waals surface area contributed by atoms with E-state index in [-0.39, 0.29) is 17.9 Å². The lowest BCUT2D eigenvalue weighted by atomic mass is 10.0. The SMILES string of the molecule is CN(C)C(=O)CN1CCC(NC(=O)c2cccc3c2OCCO3)CC1. The fourth-order valence-electron chi connectivity index (χ4n) is 3.08. The van der Waals surface area contributed by atoms with Gasteiger partial charge in [-0.05, 0) is 25.0 Å². The van der Waals surface area contributed by atoms with Gasteiger partial charge in [-0.2, -0.15) is 0 Å². The minimum atomic E-state index is -0.134. The average molecular weight is 347 g/mol. The van der Waals surface area contributed by atoms with Gasteiger partial charge in [-0.25, -0.2) is 0 Å². The van der Waals surface area contributed by atoms with Crippen molar-refractivity contribution in [1.29, 1.82) is 0 Å². The van der Waals surface area contributed by atoms with Crippen LogP contribution in [0.15, 0.2) is 18.2 Å². The summed E-state index contributed by atoms with van der Waals surface area (Å²) in [5.41, 5.74) is 0.516. The predicted molar refractivity (Wildman–Crippen MR) is 93.1 cm³/mol. The van der Waals surface area contributed by atoms with Gasteiger partial charge in [0.2, 0.25) is 5.91 Å². The number of fused-ring (bicyclic) bond motifs is 1. The molecular formula is C18H25N3O4. The number of hydrogen-bond acceptors (Lipinski definition) is 5. The maximum atomic E-state index is 12.6. The molecule has 1 saturated heterocycles. The minimum absolute atomic E-state index is 0.107. The molecule has 0 saturated carbocycles. The average Bonchev–Trinajstić information content (AvgIpc) is 2.62. The fraction of sp³-hybridized carbons (Fsp3) is 0.556. The quantitative estimate of drug-likeness (QED) is 0.870. The van der Waals surface area contributed by atoms with E-state index in [0.29, 0.717) is 36.8 Å². The van der Waals surface area contributed by atoms with Crippen LogP contribution in [-0.2, 0) is 4.79 Å². The van der Waals surface area contributed by atoms with Crippen LogP contribution in [0.2, 0.25) is 0 Å². The van der Waals surface area contributed by atoms with E-state index in [4.69, 9.17) is 9.47 Å². The van der Waals surface area contributed by atoms with E-state index >= 15 is 0 Å². The maximum absolute atomic E-state index is 12.6. The predicted octanol–water partition coefficient (Wildman–Crippen LogP) is 0.740. The summed E-state index contributed by atoms with van der Waals surface area (Å²) in [5, 5.41) is 3.09. The number of hydrogen-bond donors (Lipinski definition) is 1. The zero-order valence-electron chi connectivity index (χ0n) is 14.8. The molecule has 0 unspecified atom stereocenters. The third-order valence-corrected chi connectivity index (χ3v) is 4.59. The van der Waals surface area contributed by atoms with Crippen LogP contribution in [0.3, 0.4) is 0 Å². The summed E-state index contributed by atoms with van der Waals surface area (Å²) in [6, 6.07) is 5.48. The highest BCUT2D eigenvalue weighted by Crippen LogP contribution is 2.33. The van der Waals surface area contributed by atoms with Gasteiger partial charge >= 0.3 is 0 Å². The Hall–Kier alpha value is -2.28. The van der Waals surface area contributed by atoms with Gasteiger partial charge in [-0.1, -0.05) is 6.07 Å². The Balaban J connectivity index is 1.54. The Kier molecular flexibility index (Phi) is 5.43. The number of benzene rings is 1. The van der Waals surface area contributed by atoms with Gasteiger partial charge in [-0.3, -0.25) is 14.5 Å². The van der Waals surface area contributed by atoms with Crippen molar-refractivity contribution in [3.63, 3.8) is 0 Å². The van der Waals surface area contributed by atoms with Crippen LogP contribution in [-0.4, -0.2) is 74.6 Å². The van der Waals surface area contributed by atoms with Crippen molar-refractivity contribution < 1.29 is 19.1 Å². The highest BCUT2D eigenvalue weighted by molar-refractivity contribution is 5.98. The van der Waals surface area contributed by atoms with E-state index in [1.165, 1.54) is 0 Å². The van der Waals surface area contributed by atoms with Crippen molar-refractivity contribution in [2.45, 2.75) is 18.9 Å². The number of carbonyl (C=O) groups is 2. The van der Waals surface area contributed by atoms with Crippen molar-refractivity contribution in [3.8, 4) is 11.5 Å². The lowest BCUT2D eigenvalue weighted by Gasteiger charge is -2.32. The van der Waals surface area contributed by atoms with Gasteiger partial charge in [0.05, 0.1) is 12.1 Å². The van der Waals surface area contributed by atoms with Gasteiger partial charge in [-0.15, -0.1) is 0 Å². The molecule has 0 atom stereocenters. The fourth-order valence-corrected chi connectivity index (χ4v) is 3.08. The number of nitrogens with zero attached hydrogens (tertiary/aromatic N) is 2. The monoisotopic (exact) mass is 347 g/mol. The second kappa shape index (κ2) is 7.74. The molecule has 1 aromatic carbocycles. The Bertz CT molecular complexity index is 639. The van der Waals surface area contributed by atoms with Gasteiger partial charge in [0.15, 0.2) is 11.5 Å². The van der Waals surface area contributed by atoms with E-state index in [1.807, 2.05) is 6.07 Å². The molecule has 3 rings (SSSR count). The van der Waals surface area contributed by atoms with E-state index in [0.717, 1.165) is 25.9 Å². The second-order valence-corrected chi connectivity index (χ2v) is 6.64. The number of ether oxygens (including phenoxy) is 2. The first kappa shape index (κ1) is 17.5. The van der Waals surface area contributed by atoms with E-state index < -0.39 is 0 Å². The minimum Gasteiger partial charge on any atom is -0.486 e. The van der Waals surface area contributed by atoms with Crippen molar-refractivity contribution in [2.24, 2.45) is 0 Å². The van der Waals surface area contributed by atoms with Crippen molar-refractivity contribution in [2.75, 3.05) is 46.9 Å². The highest BCUT2D eigenvalue weighted by Gasteiger charge is 2.25. The molecule has 0 radical (unpaired) electrons. The summed E-state index contributed by atoms with van der Waals surface area (Å²) in [4.78, 5) is 28.1. The number of carbonyl (C=O) groups excluding carboxylic acids is 2. The zero-order chi connectivity index (χ0) is 17.8. The normalized spacial score (nSPS) is 17.8. The van der Waals surface area contributed by atoms with Gasteiger partial charge in [0.25, 0.3) is 5.91 Å². The Morgan fingerprint density at radius 3 is 2.64 bits per heavy atom. The number of para-hydroxylation sites is 1. The molecule has 0 spiro atoms. The molecule has 136 valence electrons. The summed E-state index contributed by atoms with van der Waals surface area (Å²) in [5.74, 6) is 1.12. The lowest BCUT2D eigenvalue weighted by molar-refractivity contribution is -0.130.